The number of benzene rings is 3. The number of nitrogens with one attached hydrogen (secondary N) is 3. The molecular weight excluding hydrogens is 597 g/mol. The van der Waals surface area contributed by atoms with Crippen molar-refractivity contribution in [3.63, 3.8) is 0 Å². The third-order valence-corrected chi connectivity index (χ3v) is 7.82. The van der Waals surface area contributed by atoms with E-state index in [-0.39, 0.29) is 34.3 Å². The molecule has 41 heavy (non-hydrogen) atoms. The fourth-order valence-electron chi connectivity index (χ4n) is 3.94. The van der Waals surface area contributed by atoms with E-state index in [9.17, 15) is 37.8 Å². The van der Waals surface area contributed by atoms with Crippen LogP contribution in [-0.2, 0) is 31.1 Å². The molecule has 3 aromatic carbocycles. The summed E-state index contributed by atoms with van der Waals surface area (Å²) in [5, 5.41) is 26.8. The number of aliphatic hydroxyl groups is 1. The van der Waals surface area contributed by atoms with E-state index >= 15 is 0 Å². The molecule has 0 radical (unpaired) electrons. The van der Waals surface area contributed by atoms with Gasteiger partial charge in [-0.1, -0.05) is 35.9 Å². The smallest absolute Gasteiger partial charge is 0.329 e. The molecule has 0 unspecified atom stereocenters. The fourth-order valence-corrected chi connectivity index (χ4v) is 5.43. The summed E-state index contributed by atoms with van der Waals surface area (Å²) in [6.07, 6.45) is -0.813. The average molecular weight is 628 g/mol. The van der Waals surface area contributed by atoms with E-state index in [0.29, 0.717) is 16.9 Å². The fraction of sp³-hybridized carbons (Fsp3) is 0.269. The van der Waals surface area contributed by atoms with Crippen LogP contribution in [-0.4, -0.2) is 54.2 Å². The van der Waals surface area contributed by atoms with Crippen LogP contribution in [0.5, 0.6) is 11.5 Å². The molecule has 12 nitrogen and oxygen atoms in total. The van der Waals surface area contributed by atoms with Crippen molar-refractivity contribution in [3.8, 4) is 11.5 Å². The van der Waals surface area contributed by atoms with Gasteiger partial charge >= 0.3 is 7.60 Å². The quantitative estimate of drug-likeness (QED) is 0.116. The van der Waals surface area contributed by atoms with Gasteiger partial charge < -0.3 is 30.1 Å². The molecule has 2 atom stereocenters. The predicted octanol–water partition coefficient (Wildman–Crippen LogP) is 3.28. The third-order valence-electron chi connectivity index (χ3n) is 6.14. The van der Waals surface area contributed by atoms with Gasteiger partial charge in [-0.05, 0) is 60.0 Å². The first-order valence-corrected chi connectivity index (χ1v) is 16.1. The van der Waals surface area contributed by atoms with Crippen LogP contribution in [0.4, 0.5) is 11.4 Å². The summed E-state index contributed by atoms with van der Waals surface area (Å²) in [4.78, 5) is 32.1. The summed E-state index contributed by atoms with van der Waals surface area (Å²) in [6.45, 7) is 1.41. The Balaban J connectivity index is 1.89. The van der Waals surface area contributed by atoms with E-state index in [2.05, 4.69) is 15.4 Å². The summed E-state index contributed by atoms with van der Waals surface area (Å²) >= 11 is 6.31. The van der Waals surface area contributed by atoms with E-state index in [0.717, 1.165) is 6.26 Å². The van der Waals surface area contributed by atoms with Crippen molar-refractivity contribution in [1.29, 1.82) is 0 Å². The summed E-state index contributed by atoms with van der Waals surface area (Å²) in [5.41, 5.74) is -0.310. The van der Waals surface area contributed by atoms with Gasteiger partial charge in [0.2, 0.25) is 15.9 Å². The predicted molar refractivity (Wildman–Crippen MR) is 156 cm³/mol. The Hall–Kier alpha value is -3.16. The number of aliphatic hydroxyl groups excluding tert-OH is 1. The van der Waals surface area contributed by atoms with E-state index in [1.54, 1.807) is 31.2 Å². The molecule has 0 saturated carbocycles. The molecular formula is C26H31ClN3O9PS. The van der Waals surface area contributed by atoms with Crippen molar-refractivity contribution in [3.05, 3.63) is 82.4 Å². The summed E-state index contributed by atoms with van der Waals surface area (Å²) < 4.78 is 42.0. The zero-order valence-corrected chi connectivity index (χ0v) is 24.8. The number of halogens is 1. The number of hydrogen-bond donors (Lipinski definition) is 7. The molecule has 0 bridgehead atoms. The lowest BCUT2D eigenvalue weighted by molar-refractivity contribution is -0.122. The second-order valence-electron chi connectivity index (χ2n) is 9.49. The highest BCUT2D eigenvalue weighted by Crippen LogP contribution is 2.40. The van der Waals surface area contributed by atoms with Gasteiger partial charge in [0.25, 0.3) is 0 Å². The van der Waals surface area contributed by atoms with Crippen molar-refractivity contribution >= 4 is 46.5 Å². The van der Waals surface area contributed by atoms with Crippen LogP contribution < -0.4 is 20.1 Å². The first-order chi connectivity index (χ1) is 19.0. The minimum Gasteiger partial charge on any atom is -0.506 e. The number of hydrogen-bond acceptors (Lipinski definition) is 8. The van der Waals surface area contributed by atoms with Gasteiger partial charge in [0, 0.05) is 6.54 Å². The Morgan fingerprint density at radius 3 is 2.29 bits per heavy atom. The molecule has 0 aliphatic carbocycles. The van der Waals surface area contributed by atoms with E-state index in [1.807, 2.05) is 0 Å². The molecule has 222 valence electrons. The highest BCUT2D eigenvalue weighted by atomic mass is 35.5. The van der Waals surface area contributed by atoms with Gasteiger partial charge in [-0.2, -0.15) is 0 Å². The molecule has 7 N–H and O–H groups in total. The Kier molecular flexibility index (Phi) is 10.1. The molecule has 0 heterocycles. The first-order valence-electron chi connectivity index (χ1n) is 12.0. The zero-order chi connectivity index (χ0) is 30.6. The van der Waals surface area contributed by atoms with Crippen LogP contribution in [0.25, 0.3) is 0 Å². The van der Waals surface area contributed by atoms with Gasteiger partial charge in [0.05, 0.1) is 42.0 Å². The van der Waals surface area contributed by atoms with Crippen molar-refractivity contribution < 1.29 is 42.5 Å². The maximum atomic E-state index is 13.7. The number of carbonyl (C=O) groups is 1. The lowest BCUT2D eigenvalue weighted by Gasteiger charge is -2.32. The minimum absolute atomic E-state index is 0.0661. The number of anilines is 2. The molecule has 0 aliphatic heterocycles. The Morgan fingerprint density at radius 1 is 1.07 bits per heavy atom. The van der Waals surface area contributed by atoms with Gasteiger partial charge in [0.15, 0.2) is 0 Å². The molecule has 3 rings (SSSR count). The van der Waals surface area contributed by atoms with Crippen LogP contribution in [0.15, 0.2) is 60.7 Å². The van der Waals surface area contributed by atoms with Crippen LogP contribution in [0.3, 0.4) is 0 Å². The lowest BCUT2D eigenvalue weighted by Crippen LogP contribution is -2.51. The molecule has 0 spiro atoms. The second-order valence-corrected chi connectivity index (χ2v) is 13.3. The van der Waals surface area contributed by atoms with Gasteiger partial charge in [-0.3, -0.25) is 19.4 Å². The van der Waals surface area contributed by atoms with E-state index in [1.165, 1.54) is 43.5 Å². The molecule has 0 saturated heterocycles. The Labute approximate surface area is 242 Å². The number of sulfonamides is 1. The monoisotopic (exact) mass is 627 g/mol. The second kappa shape index (κ2) is 12.8. The maximum absolute atomic E-state index is 13.7. The van der Waals surface area contributed by atoms with E-state index in [4.69, 9.17) is 16.3 Å². The standard InChI is InChI=1S/C26H31ClN3O9PS/c1-26(18-6-8-19(39-2)9-7-18,25(33)29-21-10-4-16(12-20(21)27)15-40(34,35)36)28-14-24(32)17-5-11-23(31)22(13-17)30-41(3,37)38/h4-13,24,28,30-32H,14-15H2,1-3H3,(H,29,33)(H2,34,35,36)/t24-,26-/m0/s1. The number of rotatable bonds is 12. The number of ether oxygens (including phenoxy) is 1. The summed E-state index contributed by atoms with van der Waals surface area (Å²) in [6, 6.07) is 14.8. The Bertz CT molecular complexity index is 1560. The summed E-state index contributed by atoms with van der Waals surface area (Å²) in [5.74, 6) is -0.342. The van der Waals surface area contributed by atoms with Gasteiger partial charge in [-0.25, -0.2) is 8.42 Å². The maximum Gasteiger partial charge on any atom is 0.329 e. The molecule has 0 fully saturated rings. The van der Waals surface area contributed by atoms with Crippen molar-refractivity contribution in [2.75, 3.05) is 29.9 Å². The van der Waals surface area contributed by atoms with Gasteiger partial charge in [-0.15, -0.1) is 0 Å². The minimum atomic E-state index is -4.32. The highest BCUT2D eigenvalue weighted by Gasteiger charge is 2.36. The number of carbonyl (C=O) groups excluding carboxylic acids is 1. The first kappa shape index (κ1) is 32.4. The van der Waals surface area contributed by atoms with Crippen LogP contribution in [0, 0.1) is 0 Å². The summed E-state index contributed by atoms with van der Waals surface area (Å²) in [7, 11) is -6.52. The lowest BCUT2D eigenvalue weighted by atomic mass is 9.90. The van der Waals surface area contributed by atoms with Crippen LogP contribution in [0.1, 0.15) is 29.7 Å². The van der Waals surface area contributed by atoms with Crippen LogP contribution >= 0.6 is 19.2 Å². The topological polar surface area (TPSA) is 195 Å². The van der Waals surface area contributed by atoms with Gasteiger partial charge in [0.1, 0.15) is 17.0 Å². The van der Waals surface area contributed by atoms with Crippen molar-refractivity contribution in [2.24, 2.45) is 0 Å². The number of aromatic hydroxyl groups is 1. The largest absolute Gasteiger partial charge is 0.506 e. The normalized spacial score (nSPS) is 14.1. The molecule has 3 aromatic rings. The zero-order valence-electron chi connectivity index (χ0n) is 22.3. The number of phenols is 1. The van der Waals surface area contributed by atoms with Crippen molar-refractivity contribution in [1.82, 2.24) is 5.32 Å². The van der Waals surface area contributed by atoms with Crippen molar-refractivity contribution in [2.45, 2.75) is 24.7 Å². The number of methoxy groups -OCH3 is 1. The third kappa shape index (κ3) is 8.91. The van der Waals surface area contributed by atoms with E-state index < -0.39 is 41.3 Å². The SMILES string of the molecule is COc1ccc([C@](C)(NC[C@H](O)c2ccc(O)c(NS(C)(=O)=O)c2)C(=O)Nc2ccc(CP(=O)(O)O)cc2Cl)cc1. The highest BCUT2D eigenvalue weighted by molar-refractivity contribution is 7.92. The Morgan fingerprint density at radius 2 is 1.73 bits per heavy atom. The molecule has 0 aromatic heterocycles. The van der Waals surface area contributed by atoms with Crippen LogP contribution in [0.2, 0.25) is 5.02 Å². The molecule has 1 amide bonds. The molecule has 15 heteroatoms. The molecule has 0 aliphatic rings. The average Bonchev–Trinajstić information content (AvgIpc) is 2.88. The number of phenolic OH excluding ortho intramolecular Hbond substituents is 1. The number of amides is 1.